The Morgan fingerprint density at radius 2 is 2.13 bits per heavy atom. The highest BCUT2D eigenvalue weighted by Gasteiger charge is 2.13. The van der Waals surface area contributed by atoms with Crippen LogP contribution in [0.1, 0.15) is 10.5 Å². The molecule has 0 radical (unpaired) electrons. The summed E-state index contributed by atoms with van der Waals surface area (Å²) in [7, 11) is 0. The van der Waals surface area contributed by atoms with E-state index in [1.165, 1.54) is 23.6 Å². The maximum atomic E-state index is 11.8. The van der Waals surface area contributed by atoms with Crippen LogP contribution in [0, 0.1) is 20.2 Å². The minimum Gasteiger partial charge on any atom is -0.349 e. The number of nitro groups is 1. The fourth-order valence-corrected chi connectivity index (χ4v) is 2.44. The molecule has 1 heterocycles. The first-order valence-electron chi connectivity index (χ1n) is 6.23. The van der Waals surface area contributed by atoms with E-state index in [9.17, 15) is 25.0 Å². The second-order valence-corrected chi connectivity index (χ2v) is 5.02. The van der Waals surface area contributed by atoms with Gasteiger partial charge in [-0.15, -0.1) is 21.5 Å². The molecule has 10 nitrogen and oxygen atoms in total. The normalized spacial score (nSPS) is 10.1. The smallest absolute Gasteiger partial charge is 0.294 e. The number of nitrogens with zero attached hydrogens (tertiary/aromatic N) is 3. The number of carbonyl (C=O) groups excluding carboxylic acids is 1. The predicted octanol–water partition coefficient (Wildman–Crippen LogP) is 1.66. The molecule has 2 aromatic rings. The van der Waals surface area contributed by atoms with Crippen LogP contribution in [0.5, 0.6) is 0 Å². The molecule has 120 valence electrons. The van der Waals surface area contributed by atoms with Gasteiger partial charge in [-0.25, -0.2) is 4.98 Å². The van der Waals surface area contributed by atoms with Gasteiger partial charge in [0, 0.05) is 29.6 Å². The van der Waals surface area contributed by atoms with Gasteiger partial charge in [0.2, 0.25) is 0 Å². The van der Waals surface area contributed by atoms with Crippen molar-refractivity contribution in [1.82, 2.24) is 10.3 Å². The summed E-state index contributed by atoms with van der Waals surface area (Å²) in [4.78, 5) is 40.2. The number of carbonyl (C=O) groups is 1. The summed E-state index contributed by atoms with van der Waals surface area (Å²) < 4.78 is 0. The van der Waals surface area contributed by atoms with Crippen LogP contribution in [0.4, 0.5) is 5.69 Å². The van der Waals surface area contributed by atoms with Crippen LogP contribution in [0.3, 0.4) is 0 Å². The third-order valence-corrected chi connectivity index (χ3v) is 3.52. The molecular weight excluding hydrogens is 328 g/mol. The number of benzene rings is 1. The number of nitro benzene ring substituents is 1. The van der Waals surface area contributed by atoms with Crippen LogP contribution in [0.25, 0.3) is 10.6 Å². The highest BCUT2D eigenvalue weighted by atomic mass is 32.1. The fraction of sp³-hybridized carbons (Fsp3) is 0.167. The second kappa shape index (κ2) is 7.26. The third kappa shape index (κ3) is 4.44. The van der Waals surface area contributed by atoms with Crippen molar-refractivity contribution in [2.75, 3.05) is 13.2 Å². The van der Waals surface area contributed by atoms with Crippen molar-refractivity contribution in [1.29, 1.82) is 0 Å². The zero-order chi connectivity index (χ0) is 16.8. The number of hydrogen-bond donors (Lipinski definition) is 1. The van der Waals surface area contributed by atoms with Crippen molar-refractivity contribution >= 4 is 22.9 Å². The van der Waals surface area contributed by atoms with E-state index < -0.39 is 15.9 Å². The van der Waals surface area contributed by atoms with Gasteiger partial charge < -0.3 is 10.2 Å². The van der Waals surface area contributed by atoms with Crippen LogP contribution >= 0.6 is 11.3 Å². The average Bonchev–Trinajstić information content (AvgIpc) is 3.01. The zero-order valence-corrected chi connectivity index (χ0v) is 12.3. The summed E-state index contributed by atoms with van der Waals surface area (Å²) in [5, 5.41) is 24.1. The van der Waals surface area contributed by atoms with E-state index in [2.05, 4.69) is 15.1 Å². The summed E-state index contributed by atoms with van der Waals surface area (Å²) in [5.41, 5.74) is 0.582. The Balaban J connectivity index is 2.02. The lowest BCUT2D eigenvalue weighted by molar-refractivity contribution is -0.757. The van der Waals surface area contributed by atoms with E-state index >= 15 is 0 Å². The van der Waals surface area contributed by atoms with Gasteiger partial charge in [-0.05, 0) is 0 Å². The topological polar surface area (TPSA) is 138 Å². The quantitative estimate of drug-likeness (QED) is 0.460. The maximum absolute atomic E-state index is 11.8. The first-order chi connectivity index (χ1) is 11.0. The standard InChI is InChI=1S/C12H10N4O6S/c17-11(13-4-5-22-16(20)21)10-7-23-12(14-10)8-2-1-3-9(6-8)15(18)19/h1-3,6-7H,4-5H2,(H,13,17). The minimum absolute atomic E-state index is 0.0382. The third-order valence-electron chi connectivity index (χ3n) is 2.63. The summed E-state index contributed by atoms with van der Waals surface area (Å²) in [6.07, 6.45) is 0. The van der Waals surface area contributed by atoms with Crippen LogP contribution in [-0.2, 0) is 4.84 Å². The first-order valence-corrected chi connectivity index (χ1v) is 7.11. The van der Waals surface area contributed by atoms with Gasteiger partial charge in [0.15, 0.2) is 0 Å². The van der Waals surface area contributed by atoms with E-state index in [4.69, 9.17) is 0 Å². The second-order valence-electron chi connectivity index (χ2n) is 4.16. The molecule has 23 heavy (non-hydrogen) atoms. The van der Waals surface area contributed by atoms with E-state index in [0.29, 0.717) is 10.6 Å². The lowest BCUT2D eigenvalue weighted by Gasteiger charge is -2.01. The molecule has 2 rings (SSSR count). The summed E-state index contributed by atoms with van der Waals surface area (Å²) in [6, 6.07) is 5.91. The zero-order valence-electron chi connectivity index (χ0n) is 11.5. The Hall–Kier alpha value is -3.08. The van der Waals surface area contributed by atoms with Gasteiger partial charge in [-0.1, -0.05) is 12.1 Å². The minimum atomic E-state index is -0.949. The van der Waals surface area contributed by atoms with E-state index in [-0.39, 0.29) is 24.5 Å². The highest BCUT2D eigenvalue weighted by molar-refractivity contribution is 7.13. The lowest BCUT2D eigenvalue weighted by atomic mass is 10.2. The van der Waals surface area contributed by atoms with Crippen molar-refractivity contribution < 1.29 is 19.6 Å². The SMILES string of the molecule is O=C(NCCO[N+](=O)[O-])c1csc(-c2cccc([N+](=O)[O-])c2)n1. The largest absolute Gasteiger partial charge is 0.349 e. The van der Waals surface area contributed by atoms with Crippen molar-refractivity contribution in [3.05, 3.63) is 55.6 Å². The highest BCUT2D eigenvalue weighted by Crippen LogP contribution is 2.26. The first kappa shape index (κ1) is 16.3. The van der Waals surface area contributed by atoms with E-state index in [0.717, 1.165) is 11.3 Å². The number of nitrogens with one attached hydrogen (secondary N) is 1. The Labute approximate surface area is 133 Å². The molecule has 1 aromatic carbocycles. The van der Waals surface area contributed by atoms with Gasteiger partial charge in [0.25, 0.3) is 16.7 Å². The number of hydrogen-bond acceptors (Lipinski definition) is 8. The van der Waals surface area contributed by atoms with Gasteiger partial charge in [0.1, 0.15) is 17.3 Å². The van der Waals surface area contributed by atoms with Crippen molar-refractivity contribution in [3.8, 4) is 10.6 Å². The van der Waals surface area contributed by atoms with Crippen molar-refractivity contribution in [2.45, 2.75) is 0 Å². The van der Waals surface area contributed by atoms with E-state index in [1.54, 1.807) is 6.07 Å². The number of aromatic nitrogens is 1. The number of thiazole rings is 1. The summed E-state index contributed by atoms with van der Waals surface area (Å²) in [6.45, 7) is -0.301. The van der Waals surface area contributed by atoms with Crippen molar-refractivity contribution in [2.24, 2.45) is 0 Å². The Bertz CT molecular complexity index is 747. The molecule has 0 bridgehead atoms. The molecular formula is C12H10N4O6S. The molecule has 1 aromatic heterocycles. The van der Waals surface area contributed by atoms with Gasteiger partial charge >= 0.3 is 0 Å². The van der Waals surface area contributed by atoms with Crippen LogP contribution in [0.2, 0.25) is 0 Å². The Kier molecular flexibility index (Phi) is 5.15. The average molecular weight is 338 g/mol. The number of amides is 1. The molecule has 0 atom stereocenters. The molecule has 0 saturated heterocycles. The van der Waals surface area contributed by atoms with Gasteiger partial charge in [-0.2, -0.15) is 0 Å². The van der Waals surface area contributed by atoms with E-state index in [1.807, 2.05) is 0 Å². The van der Waals surface area contributed by atoms with Gasteiger partial charge in [0.05, 0.1) is 4.92 Å². The molecule has 0 aliphatic heterocycles. The molecule has 0 unspecified atom stereocenters. The van der Waals surface area contributed by atoms with Crippen LogP contribution in [-0.4, -0.2) is 34.1 Å². The molecule has 0 aliphatic carbocycles. The van der Waals surface area contributed by atoms with Gasteiger partial charge in [-0.3, -0.25) is 14.9 Å². The molecule has 1 amide bonds. The fourth-order valence-electron chi connectivity index (χ4n) is 1.64. The lowest BCUT2D eigenvalue weighted by Crippen LogP contribution is -2.28. The molecule has 0 saturated carbocycles. The Morgan fingerprint density at radius 3 is 2.83 bits per heavy atom. The number of non-ortho nitro benzene ring substituents is 1. The summed E-state index contributed by atoms with van der Waals surface area (Å²) >= 11 is 1.16. The van der Waals surface area contributed by atoms with Crippen molar-refractivity contribution in [3.63, 3.8) is 0 Å². The number of rotatable bonds is 7. The Morgan fingerprint density at radius 1 is 1.35 bits per heavy atom. The molecule has 0 spiro atoms. The summed E-state index contributed by atoms with van der Waals surface area (Å²) in [5.74, 6) is -0.509. The maximum Gasteiger partial charge on any atom is 0.294 e. The monoisotopic (exact) mass is 338 g/mol. The molecule has 1 N–H and O–H groups in total. The molecule has 0 fully saturated rings. The van der Waals surface area contributed by atoms with Crippen LogP contribution in [0.15, 0.2) is 29.6 Å². The molecule has 0 aliphatic rings. The molecule has 11 heteroatoms. The van der Waals surface area contributed by atoms with Crippen LogP contribution < -0.4 is 5.32 Å². The predicted molar refractivity (Wildman–Crippen MR) is 79.5 cm³/mol.